The molecule has 148 valence electrons. The minimum absolute atomic E-state index is 0.0134. The van der Waals surface area contributed by atoms with Crippen LogP contribution < -0.4 is 4.74 Å². The molecule has 2 fully saturated rings. The Morgan fingerprint density at radius 2 is 1.93 bits per heavy atom. The molecule has 1 aromatic heterocycles. The number of carbonyl (C=O) groups is 1. The lowest BCUT2D eigenvalue weighted by atomic mass is 9.63. The zero-order valence-corrected chi connectivity index (χ0v) is 15.3. The first-order valence-electron chi connectivity index (χ1n) is 9.43. The van der Waals surface area contributed by atoms with E-state index in [-0.39, 0.29) is 17.6 Å². The molecule has 0 bridgehead atoms. The number of halogens is 3. The fraction of sp³-hybridized carbons (Fsp3) is 0.429. The monoisotopic (exact) mass is 390 g/mol. The molecule has 2 heterocycles. The lowest BCUT2D eigenvalue weighted by molar-refractivity contribution is -0.274. The van der Waals surface area contributed by atoms with Gasteiger partial charge in [-0.1, -0.05) is 18.6 Å². The van der Waals surface area contributed by atoms with E-state index >= 15 is 0 Å². The molecule has 2 aromatic rings. The van der Waals surface area contributed by atoms with E-state index in [1.807, 2.05) is 17.0 Å². The van der Waals surface area contributed by atoms with E-state index in [4.69, 9.17) is 0 Å². The van der Waals surface area contributed by atoms with E-state index in [1.165, 1.54) is 18.2 Å². The van der Waals surface area contributed by atoms with E-state index in [2.05, 4.69) is 9.72 Å². The number of likely N-dealkylation sites (tertiary alicyclic amines) is 1. The van der Waals surface area contributed by atoms with Crippen molar-refractivity contribution >= 4 is 5.91 Å². The number of ether oxygens (including phenoxy) is 1. The molecule has 28 heavy (non-hydrogen) atoms. The first-order chi connectivity index (χ1) is 13.4. The van der Waals surface area contributed by atoms with Crippen LogP contribution in [0, 0.1) is 0 Å². The lowest BCUT2D eigenvalue weighted by Gasteiger charge is -2.43. The highest BCUT2D eigenvalue weighted by atomic mass is 19.4. The fourth-order valence-corrected chi connectivity index (χ4v) is 4.30. The summed E-state index contributed by atoms with van der Waals surface area (Å²) in [6.45, 7) is 1.29. The molecule has 1 aliphatic carbocycles. The largest absolute Gasteiger partial charge is 0.573 e. The topological polar surface area (TPSA) is 42.4 Å². The van der Waals surface area contributed by atoms with Gasteiger partial charge in [0.05, 0.1) is 5.41 Å². The third-order valence-corrected chi connectivity index (χ3v) is 5.89. The second kappa shape index (κ2) is 7.11. The molecule has 7 heteroatoms. The molecule has 1 atom stereocenters. The Hall–Kier alpha value is -2.57. The van der Waals surface area contributed by atoms with Crippen LogP contribution >= 0.6 is 0 Å². The number of aromatic nitrogens is 1. The van der Waals surface area contributed by atoms with Crippen molar-refractivity contribution in [2.75, 3.05) is 13.1 Å². The number of hydrogen-bond acceptors (Lipinski definition) is 3. The van der Waals surface area contributed by atoms with Gasteiger partial charge >= 0.3 is 6.36 Å². The average molecular weight is 390 g/mol. The average Bonchev–Trinajstić information content (AvgIpc) is 3.10. The Morgan fingerprint density at radius 3 is 2.57 bits per heavy atom. The second-order valence-corrected chi connectivity index (χ2v) is 7.53. The molecule has 1 amide bonds. The predicted octanol–water partition coefficient (Wildman–Crippen LogP) is 4.42. The number of alkyl halides is 3. The van der Waals surface area contributed by atoms with Gasteiger partial charge < -0.3 is 9.64 Å². The fourth-order valence-electron chi connectivity index (χ4n) is 4.30. The number of hydrogen-bond donors (Lipinski definition) is 0. The third kappa shape index (κ3) is 3.57. The predicted molar refractivity (Wildman–Crippen MR) is 96.8 cm³/mol. The third-order valence-electron chi connectivity index (χ3n) is 5.89. The highest BCUT2D eigenvalue weighted by molar-refractivity contribution is 5.89. The van der Waals surface area contributed by atoms with Crippen molar-refractivity contribution in [1.82, 2.24) is 9.88 Å². The smallest absolute Gasteiger partial charge is 0.406 e. The number of nitrogens with zero attached hydrogens (tertiary/aromatic N) is 2. The molecule has 0 N–H and O–H groups in total. The summed E-state index contributed by atoms with van der Waals surface area (Å²) in [6, 6.07) is 9.82. The van der Waals surface area contributed by atoms with Gasteiger partial charge in [-0.15, -0.1) is 13.2 Å². The molecule has 0 radical (unpaired) electrons. The molecule has 1 aromatic carbocycles. The summed E-state index contributed by atoms with van der Waals surface area (Å²) >= 11 is 0. The number of benzene rings is 1. The first-order valence-corrected chi connectivity index (χ1v) is 9.43. The first kappa shape index (κ1) is 18.8. The minimum atomic E-state index is -4.75. The van der Waals surface area contributed by atoms with E-state index < -0.39 is 11.8 Å². The molecule has 1 aliphatic heterocycles. The Bertz CT molecular complexity index is 850. The summed E-state index contributed by atoms with van der Waals surface area (Å²) in [6.07, 6.45) is 1.82. The quantitative estimate of drug-likeness (QED) is 0.776. The van der Waals surface area contributed by atoms with Crippen molar-refractivity contribution in [3.8, 4) is 5.75 Å². The van der Waals surface area contributed by atoms with Crippen LogP contribution in [0.1, 0.15) is 42.7 Å². The van der Waals surface area contributed by atoms with Gasteiger partial charge in [0.1, 0.15) is 5.75 Å². The summed E-state index contributed by atoms with van der Waals surface area (Å²) in [5.74, 6) is 0.00333. The van der Waals surface area contributed by atoms with Crippen molar-refractivity contribution in [2.45, 2.75) is 43.4 Å². The van der Waals surface area contributed by atoms with Crippen molar-refractivity contribution in [2.24, 2.45) is 0 Å². The summed E-state index contributed by atoms with van der Waals surface area (Å²) in [4.78, 5) is 19.3. The number of amides is 1. The SMILES string of the molecule is O=C(N1CCC(c2ccncc2)C1)C1(c2cccc(OC(F)(F)F)c2)CCC1. The highest BCUT2D eigenvalue weighted by Gasteiger charge is 2.49. The van der Waals surface area contributed by atoms with Crippen LogP contribution in [0.3, 0.4) is 0 Å². The summed E-state index contributed by atoms with van der Waals surface area (Å²) in [7, 11) is 0. The van der Waals surface area contributed by atoms with Crippen molar-refractivity contribution < 1.29 is 22.7 Å². The second-order valence-electron chi connectivity index (χ2n) is 7.53. The van der Waals surface area contributed by atoms with Gasteiger partial charge in [-0.05, 0) is 54.7 Å². The van der Waals surface area contributed by atoms with Crippen molar-refractivity contribution in [3.05, 3.63) is 59.9 Å². The van der Waals surface area contributed by atoms with E-state index in [9.17, 15) is 18.0 Å². The van der Waals surface area contributed by atoms with E-state index in [1.54, 1.807) is 18.5 Å². The molecule has 2 aliphatic rings. The van der Waals surface area contributed by atoms with Crippen LogP contribution in [0.5, 0.6) is 5.75 Å². The summed E-state index contributed by atoms with van der Waals surface area (Å²) < 4.78 is 41.8. The lowest BCUT2D eigenvalue weighted by Crippen LogP contribution is -2.50. The Kier molecular flexibility index (Phi) is 4.77. The van der Waals surface area contributed by atoms with Gasteiger partial charge in [0.2, 0.25) is 5.91 Å². The molecule has 4 rings (SSSR count). The van der Waals surface area contributed by atoms with Crippen molar-refractivity contribution in [3.63, 3.8) is 0 Å². The maximum Gasteiger partial charge on any atom is 0.573 e. The Morgan fingerprint density at radius 1 is 1.18 bits per heavy atom. The number of carbonyl (C=O) groups excluding carboxylic acids is 1. The van der Waals surface area contributed by atoms with Crippen molar-refractivity contribution in [1.29, 1.82) is 0 Å². The minimum Gasteiger partial charge on any atom is -0.406 e. The van der Waals surface area contributed by atoms with E-state index in [0.717, 1.165) is 18.4 Å². The van der Waals surface area contributed by atoms with E-state index in [0.29, 0.717) is 31.5 Å². The number of rotatable bonds is 4. The standard InChI is InChI=1S/C21H21F3N2O2/c22-21(23,24)28-18-4-1-3-17(13-18)20(8-2-9-20)19(27)26-12-7-16(14-26)15-5-10-25-11-6-15/h1,3-6,10-11,13,16H,2,7-9,12,14H2. The molecule has 0 spiro atoms. The van der Waals surface area contributed by atoms with Gasteiger partial charge in [-0.3, -0.25) is 9.78 Å². The van der Waals surface area contributed by atoms with Crippen LogP contribution in [0.25, 0.3) is 0 Å². The molecule has 4 nitrogen and oxygen atoms in total. The summed E-state index contributed by atoms with van der Waals surface area (Å²) in [5.41, 5.74) is 1.03. The molecule has 1 unspecified atom stereocenters. The van der Waals surface area contributed by atoms with Gasteiger partial charge in [0.25, 0.3) is 0 Å². The van der Waals surface area contributed by atoms with Crippen LogP contribution in [-0.2, 0) is 10.2 Å². The van der Waals surface area contributed by atoms with Crippen LogP contribution in [0.4, 0.5) is 13.2 Å². The molecular formula is C21H21F3N2O2. The van der Waals surface area contributed by atoms with Crippen LogP contribution in [0.2, 0.25) is 0 Å². The van der Waals surface area contributed by atoms with Gasteiger partial charge in [-0.2, -0.15) is 0 Å². The zero-order valence-electron chi connectivity index (χ0n) is 15.3. The van der Waals surface area contributed by atoms with Crippen LogP contribution in [-0.4, -0.2) is 35.2 Å². The highest BCUT2D eigenvalue weighted by Crippen LogP contribution is 2.47. The normalized spacial score (nSPS) is 21.2. The Balaban J connectivity index is 1.54. The number of pyridine rings is 1. The van der Waals surface area contributed by atoms with Gasteiger partial charge in [0, 0.05) is 31.4 Å². The van der Waals surface area contributed by atoms with Crippen LogP contribution in [0.15, 0.2) is 48.8 Å². The molecule has 1 saturated carbocycles. The Labute approximate surface area is 161 Å². The maximum absolute atomic E-state index is 13.4. The van der Waals surface area contributed by atoms with Gasteiger partial charge in [0.15, 0.2) is 0 Å². The summed E-state index contributed by atoms with van der Waals surface area (Å²) in [5, 5.41) is 0. The molecular weight excluding hydrogens is 369 g/mol. The zero-order chi connectivity index (χ0) is 19.8. The maximum atomic E-state index is 13.4. The molecule has 1 saturated heterocycles. The van der Waals surface area contributed by atoms with Gasteiger partial charge in [-0.25, -0.2) is 0 Å².